The maximum absolute atomic E-state index is 12.1. The number of aryl methyl sites for hydroxylation is 1. The average molecular weight is 294 g/mol. The summed E-state index contributed by atoms with van der Waals surface area (Å²) in [5, 5.41) is 0.755. The van der Waals surface area contributed by atoms with Crippen LogP contribution in [0, 0.1) is 6.92 Å². The lowest BCUT2D eigenvalue weighted by Crippen LogP contribution is -2.05. The lowest BCUT2D eigenvalue weighted by molar-refractivity contribution is 0.0601. The summed E-state index contributed by atoms with van der Waals surface area (Å²) in [6.07, 6.45) is 0. The highest BCUT2D eigenvalue weighted by atomic mass is 16.5. The highest BCUT2D eigenvalue weighted by Gasteiger charge is 2.17. The molecular weight excluding hydrogens is 280 g/mol. The van der Waals surface area contributed by atoms with Crippen LogP contribution in [0.25, 0.3) is 22.1 Å². The third-order valence-corrected chi connectivity index (χ3v) is 3.60. The summed E-state index contributed by atoms with van der Waals surface area (Å²) in [6.45, 7) is 1.98. The van der Waals surface area contributed by atoms with E-state index in [0.717, 1.165) is 22.1 Å². The second kappa shape index (κ2) is 5.48. The zero-order chi connectivity index (χ0) is 15.7. The second-order valence-electron chi connectivity index (χ2n) is 5.00. The summed E-state index contributed by atoms with van der Waals surface area (Å²) in [5.41, 5.74) is 3.03. The van der Waals surface area contributed by atoms with E-state index in [9.17, 15) is 9.59 Å². The Morgan fingerprint density at radius 2 is 1.82 bits per heavy atom. The van der Waals surface area contributed by atoms with Gasteiger partial charge in [-0.05, 0) is 41.8 Å². The van der Waals surface area contributed by atoms with Gasteiger partial charge < -0.3 is 9.15 Å². The Morgan fingerprint density at radius 3 is 2.55 bits per heavy atom. The number of hydrogen-bond acceptors (Lipinski definition) is 4. The van der Waals surface area contributed by atoms with Crippen LogP contribution < -0.4 is 5.63 Å². The van der Waals surface area contributed by atoms with Crippen molar-refractivity contribution >= 4 is 16.9 Å². The van der Waals surface area contributed by atoms with Crippen molar-refractivity contribution in [1.29, 1.82) is 0 Å². The van der Waals surface area contributed by atoms with Gasteiger partial charge in [0.15, 0.2) is 0 Å². The van der Waals surface area contributed by atoms with Crippen LogP contribution in [0.3, 0.4) is 0 Å². The molecular formula is C18H14O4. The molecule has 110 valence electrons. The van der Waals surface area contributed by atoms with Gasteiger partial charge in [-0.25, -0.2) is 9.59 Å². The van der Waals surface area contributed by atoms with E-state index in [1.807, 2.05) is 37.3 Å². The molecule has 0 atom stereocenters. The number of rotatable bonds is 2. The van der Waals surface area contributed by atoms with E-state index in [0.29, 0.717) is 11.1 Å². The van der Waals surface area contributed by atoms with Crippen LogP contribution in [0.4, 0.5) is 0 Å². The number of ether oxygens (including phenoxy) is 1. The summed E-state index contributed by atoms with van der Waals surface area (Å²) >= 11 is 0. The molecule has 0 aliphatic rings. The summed E-state index contributed by atoms with van der Waals surface area (Å²) in [4.78, 5) is 23.5. The first-order chi connectivity index (χ1) is 10.6. The Balaban J connectivity index is 2.36. The first-order valence-corrected chi connectivity index (χ1v) is 6.82. The van der Waals surface area contributed by atoms with Crippen LogP contribution in [0.2, 0.25) is 0 Å². The molecule has 0 N–H and O–H groups in total. The highest BCUT2D eigenvalue weighted by Crippen LogP contribution is 2.31. The summed E-state index contributed by atoms with van der Waals surface area (Å²) in [5.74, 6) is -0.466. The first kappa shape index (κ1) is 14.1. The van der Waals surface area contributed by atoms with E-state index in [4.69, 9.17) is 9.15 Å². The predicted octanol–water partition coefficient (Wildman–Crippen LogP) is 3.56. The van der Waals surface area contributed by atoms with E-state index < -0.39 is 11.6 Å². The van der Waals surface area contributed by atoms with Crippen molar-refractivity contribution in [1.82, 2.24) is 0 Å². The zero-order valence-corrected chi connectivity index (χ0v) is 12.3. The monoisotopic (exact) mass is 294 g/mol. The first-order valence-electron chi connectivity index (χ1n) is 6.82. The van der Waals surface area contributed by atoms with Crippen LogP contribution in [0.5, 0.6) is 0 Å². The van der Waals surface area contributed by atoms with Crippen molar-refractivity contribution in [2.45, 2.75) is 6.92 Å². The number of hydrogen-bond donors (Lipinski definition) is 0. The Labute approximate surface area is 127 Å². The SMILES string of the molecule is COC(=O)c1cc2oc(=O)ccc2cc1-c1ccccc1C. The van der Waals surface area contributed by atoms with Crippen LogP contribution >= 0.6 is 0 Å². The molecule has 4 heteroatoms. The average Bonchev–Trinajstić information content (AvgIpc) is 2.53. The van der Waals surface area contributed by atoms with E-state index in [2.05, 4.69) is 0 Å². The normalized spacial score (nSPS) is 10.6. The molecule has 3 aromatic rings. The van der Waals surface area contributed by atoms with Gasteiger partial charge in [-0.3, -0.25) is 0 Å². The Kier molecular flexibility index (Phi) is 3.51. The minimum absolute atomic E-state index is 0.366. The number of esters is 1. The molecule has 22 heavy (non-hydrogen) atoms. The van der Waals surface area contributed by atoms with Gasteiger partial charge in [-0.2, -0.15) is 0 Å². The molecule has 3 rings (SSSR count). The van der Waals surface area contributed by atoms with Crippen molar-refractivity contribution in [2.24, 2.45) is 0 Å². The minimum Gasteiger partial charge on any atom is -0.465 e. The van der Waals surface area contributed by atoms with Gasteiger partial charge in [-0.15, -0.1) is 0 Å². The van der Waals surface area contributed by atoms with Crippen molar-refractivity contribution in [2.75, 3.05) is 7.11 Å². The largest absolute Gasteiger partial charge is 0.465 e. The van der Waals surface area contributed by atoms with Crippen LogP contribution in [0.1, 0.15) is 15.9 Å². The number of methoxy groups -OCH3 is 1. The molecule has 0 saturated heterocycles. The van der Waals surface area contributed by atoms with Gasteiger partial charge >= 0.3 is 11.6 Å². The number of carbonyl (C=O) groups excluding carboxylic acids is 1. The van der Waals surface area contributed by atoms with Gasteiger partial charge in [0.05, 0.1) is 12.7 Å². The van der Waals surface area contributed by atoms with Gasteiger partial charge in [0.25, 0.3) is 0 Å². The van der Waals surface area contributed by atoms with Crippen LogP contribution in [-0.2, 0) is 4.74 Å². The van der Waals surface area contributed by atoms with Crippen molar-refractivity contribution < 1.29 is 13.9 Å². The summed E-state index contributed by atoms with van der Waals surface area (Å²) in [6, 6.07) is 14.2. The maximum Gasteiger partial charge on any atom is 0.338 e. The number of carbonyl (C=O) groups is 1. The molecule has 0 radical (unpaired) electrons. The number of benzene rings is 2. The minimum atomic E-state index is -0.466. The zero-order valence-electron chi connectivity index (χ0n) is 12.3. The Bertz CT molecular complexity index is 922. The molecule has 1 aromatic heterocycles. The molecule has 4 nitrogen and oxygen atoms in total. The van der Waals surface area contributed by atoms with Gasteiger partial charge in [0, 0.05) is 11.5 Å². The summed E-state index contributed by atoms with van der Waals surface area (Å²) in [7, 11) is 1.33. The molecule has 1 heterocycles. The van der Waals surface area contributed by atoms with Gasteiger partial charge in [0.1, 0.15) is 5.58 Å². The Morgan fingerprint density at radius 1 is 1.05 bits per heavy atom. The fourth-order valence-electron chi connectivity index (χ4n) is 2.49. The smallest absolute Gasteiger partial charge is 0.338 e. The van der Waals surface area contributed by atoms with E-state index in [1.54, 1.807) is 12.1 Å². The molecule has 0 fully saturated rings. The fraction of sp³-hybridized carbons (Fsp3) is 0.111. The topological polar surface area (TPSA) is 56.5 Å². The van der Waals surface area contributed by atoms with E-state index >= 15 is 0 Å². The summed E-state index contributed by atoms with van der Waals surface area (Å²) < 4.78 is 10.0. The standard InChI is InChI=1S/C18H14O4/c1-11-5-3-4-6-13(11)14-9-12-7-8-17(19)22-16(12)10-15(14)18(20)21-2/h3-10H,1-2H3. The molecule has 0 aliphatic carbocycles. The van der Waals surface area contributed by atoms with Gasteiger partial charge in [-0.1, -0.05) is 24.3 Å². The second-order valence-corrected chi connectivity index (χ2v) is 5.00. The fourth-order valence-corrected chi connectivity index (χ4v) is 2.49. The third-order valence-electron chi connectivity index (χ3n) is 3.60. The molecule has 0 saturated carbocycles. The predicted molar refractivity (Wildman–Crippen MR) is 84.0 cm³/mol. The van der Waals surface area contributed by atoms with E-state index in [-0.39, 0.29) is 0 Å². The lowest BCUT2D eigenvalue weighted by Gasteiger charge is -2.12. The highest BCUT2D eigenvalue weighted by molar-refractivity contribution is 6.02. The van der Waals surface area contributed by atoms with E-state index in [1.165, 1.54) is 13.2 Å². The van der Waals surface area contributed by atoms with Crippen molar-refractivity contribution in [3.05, 3.63) is 70.1 Å². The van der Waals surface area contributed by atoms with Crippen molar-refractivity contribution in [3.63, 3.8) is 0 Å². The third kappa shape index (κ3) is 2.39. The molecule has 0 unspecified atom stereocenters. The molecule has 0 spiro atoms. The van der Waals surface area contributed by atoms with Crippen LogP contribution in [0.15, 0.2) is 57.7 Å². The molecule has 0 bridgehead atoms. The number of fused-ring (bicyclic) bond motifs is 1. The molecule has 2 aromatic carbocycles. The lowest BCUT2D eigenvalue weighted by atomic mass is 9.94. The van der Waals surface area contributed by atoms with Crippen molar-refractivity contribution in [3.8, 4) is 11.1 Å². The Hall–Kier alpha value is -2.88. The van der Waals surface area contributed by atoms with Crippen LogP contribution in [-0.4, -0.2) is 13.1 Å². The van der Waals surface area contributed by atoms with Gasteiger partial charge in [0.2, 0.25) is 0 Å². The molecule has 0 aliphatic heterocycles. The maximum atomic E-state index is 12.1. The molecule has 0 amide bonds. The quantitative estimate of drug-likeness (QED) is 0.535.